The number of halogens is 2. The highest BCUT2D eigenvalue weighted by atomic mass is 19.1. The Kier molecular flexibility index (Phi) is 6.47. The van der Waals surface area contributed by atoms with E-state index in [-0.39, 0.29) is 22.8 Å². The number of benzene rings is 2. The van der Waals surface area contributed by atoms with Crippen molar-refractivity contribution in [2.45, 2.75) is 82.1 Å². The van der Waals surface area contributed by atoms with Crippen LogP contribution in [0.15, 0.2) is 23.2 Å². The molecule has 2 aromatic carbocycles. The van der Waals surface area contributed by atoms with E-state index in [2.05, 4.69) is 20.4 Å². The summed E-state index contributed by atoms with van der Waals surface area (Å²) in [6.07, 6.45) is 8.82. The Morgan fingerprint density at radius 1 is 1.12 bits per heavy atom. The Morgan fingerprint density at radius 2 is 1.86 bits per heavy atom. The number of fused-ring (bicyclic) bond motifs is 5. The number of piperazine rings is 1. The molecule has 0 aromatic heterocycles. The molecule has 6 aliphatic rings. The predicted molar refractivity (Wildman–Crippen MR) is 164 cm³/mol. The van der Waals surface area contributed by atoms with Gasteiger partial charge in [0, 0.05) is 36.3 Å². The molecule has 228 valence electrons. The zero-order valence-corrected chi connectivity index (χ0v) is 24.7. The molecule has 0 saturated carbocycles. The molecule has 0 spiro atoms. The number of hydrogen-bond acceptors (Lipinski definition) is 8. The summed E-state index contributed by atoms with van der Waals surface area (Å²) in [4.78, 5) is 9.81. The van der Waals surface area contributed by atoms with Gasteiger partial charge in [-0.05, 0) is 106 Å². The number of phenols is 1. The minimum absolute atomic E-state index is 0.00466. The van der Waals surface area contributed by atoms with Crippen LogP contribution in [0.3, 0.4) is 0 Å². The van der Waals surface area contributed by atoms with Crippen molar-refractivity contribution in [3.05, 3.63) is 46.3 Å². The summed E-state index contributed by atoms with van der Waals surface area (Å²) in [7, 11) is 0. The maximum atomic E-state index is 16.7. The molecule has 5 heterocycles. The maximum absolute atomic E-state index is 16.7. The van der Waals surface area contributed by atoms with Crippen LogP contribution in [0.1, 0.15) is 73.4 Å². The fourth-order valence-corrected chi connectivity index (χ4v) is 8.81. The highest BCUT2D eigenvalue weighted by Gasteiger charge is 2.46. The van der Waals surface area contributed by atoms with Gasteiger partial charge in [-0.15, -0.1) is 0 Å². The van der Waals surface area contributed by atoms with Gasteiger partial charge >= 0.3 is 0 Å². The van der Waals surface area contributed by atoms with Gasteiger partial charge in [0.25, 0.3) is 6.02 Å². The Labute approximate surface area is 251 Å². The number of likely N-dealkylation sites (tertiary alicyclic amines) is 1. The van der Waals surface area contributed by atoms with Crippen LogP contribution in [0.5, 0.6) is 5.75 Å². The quantitative estimate of drug-likeness (QED) is 0.363. The van der Waals surface area contributed by atoms with E-state index in [1.54, 1.807) is 12.1 Å². The average Bonchev–Trinajstić information content (AvgIpc) is 3.68. The molecular weight excluding hydrogens is 550 g/mol. The van der Waals surface area contributed by atoms with E-state index >= 15 is 8.78 Å². The molecule has 0 amide bonds. The van der Waals surface area contributed by atoms with Crippen molar-refractivity contribution in [3.8, 4) is 16.9 Å². The summed E-state index contributed by atoms with van der Waals surface area (Å²) in [5, 5.41) is 17.6. The van der Waals surface area contributed by atoms with Crippen LogP contribution in [0.25, 0.3) is 17.0 Å². The first-order valence-electron chi connectivity index (χ1n) is 15.9. The zero-order chi connectivity index (χ0) is 29.5. The molecule has 5 N–H and O–H groups in total. The molecule has 4 fully saturated rings. The Balaban J connectivity index is 1.24. The number of ether oxygens (including phenoxy) is 1. The van der Waals surface area contributed by atoms with Gasteiger partial charge in [0.05, 0.1) is 22.5 Å². The van der Waals surface area contributed by atoms with E-state index < -0.39 is 12.0 Å². The number of nitrogens with zero attached hydrogens (tertiary/aromatic N) is 3. The van der Waals surface area contributed by atoms with Gasteiger partial charge in [0.2, 0.25) is 0 Å². The van der Waals surface area contributed by atoms with Gasteiger partial charge < -0.3 is 26.2 Å². The second-order valence-corrected chi connectivity index (χ2v) is 13.4. The largest absolute Gasteiger partial charge is 0.508 e. The van der Waals surface area contributed by atoms with Crippen LogP contribution >= 0.6 is 0 Å². The molecule has 2 aromatic rings. The van der Waals surface area contributed by atoms with Crippen LogP contribution < -0.4 is 16.4 Å². The average molecular weight is 591 g/mol. The van der Waals surface area contributed by atoms with E-state index in [0.29, 0.717) is 76.6 Å². The summed E-state index contributed by atoms with van der Waals surface area (Å²) in [5.41, 5.74) is 10.1. The monoisotopic (exact) mass is 590 g/mol. The van der Waals surface area contributed by atoms with Gasteiger partial charge in [-0.2, -0.15) is 0 Å². The molecule has 10 heteroatoms. The molecule has 2 bridgehead atoms. The minimum atomic E-state index is -0.595. The van der Waals surface area contributed by atoms with Gasteiger partial charge in [0.1, 0.15) is 24.3 Å². The number of nitrogens with two attached hydrogens (primary N) is 1. The molecule has 2 unspecified atom stereocenters. The zero-order valence-electron chi connectivity index (χ0n) is 24.7. The van der Waals surface area contributed by atoms with Crippen molar-refractivity contribution in [3.63, 3.8) is 0 Å². The first-order valence-corrected chi connectivity index (χ1v) is 15.9. The lowest BCUT2D eigenvalue weighted by atomic mass is 9.84. The second-order valence-electron chi connectivity index (χ2n) is 13.4. The molecular formula is C33H40F2N6O2. The van der Waals surface area contributed by atoms with Gasteiger partial charge in [-0.1, -0.05) is 0 Å². The number of nitrogens with one attached hydrogen (secondary N) is 2. The highest BCUT2D eigenvalue weighted by molar-refractivity contribution is 5.99. The lowest BCUT2D eigenvalue weighted by molar-refractivity contribution is 0.101. The number of aliphatic imine (C=N–C) groups is 1. The first kappa shape index (κ1) is 27.3. The highest BCUT2D eigenvalue weighted by Crippen LogP contribution is 2.49. The normalized spacial score (nSPS) is 27.7. The topological polar surface area (TPSA) is 98.4 Å². The van der Waals surface area contributed by atoms with Crippen LogP contribution in [-0.2, 0) is 11.2 Å². The molecule has 0 radical (unpaired) electrons. The van der Waals surface area contributed by atoms with Gasteiger partial charge in [0.15, 0.2) is 5.82 Å². The van der Waals surface area contributed by atoms with E-state index in [0.717, 1.165) is 51.9 Å². The third kappa shape index (κ3) is 4.36. The fraction of sp³-hybridized carbons (Fsp3) is 0.545. The van der Waals surface area contributed by atoms with E-state index in [1.165, 1.54) is 18.9 Å². The number of amidine groups is 1. The van der Waals surface area contributed by atoms with Gasteiger partial charge in [-0.3, -0.25) is 9.80 Å². The molecule has 5 aliphatic heterocycles. The molecule has 3 atom stereocenters. The fourth-order valence-electron chi connectivity index (χ4n) is 8.81. The second kappa shape index (κ2) is 10.2. The summed E-state index contributed by atoms with van der Waals surface area (Å²) in [6, 6.07) is 4.16. The predicted octanol–water partition coefficient (Wildman–Crippen LogP) is 5.21. The van der Waals surface area contributed by atoms with Crippen molar-refractivity contribution < 1.29 is 18.6 Å². The van der Waals surface area contributed by atoms with Crippen molar-refractivity contribution in [1.29, 1.82) is 0 Å². The van der Waals surface area contributed by atoms with E-state index in [1.807, 2.05) is 6.92 Å². The Bertz CT molecular complexity index is 1530. The SMILES string of the molecule is Cc1c2c(c(F)c(N)c1-c1cc(O)cc3c1C(F)=CCC3)C(N1CC3CC[C@@H](C1)N3)N=C(OCC13CCCN1CCC3)N2. The lowest BCUT2D eigenvalue weighted by Gasteiger charge is -2.40. The number of aromatic hydroxyl groups is 1. The first-order chi connectivity index (χ1) is 20.8. The molecule has 1 aliphatic carbocycles. The summed E-state index contributed by atoms with van der Waals surface area (Å²) < 4.78 is 38.5. The number of rotatable bonds is 4. The smallest absolute Gasteiger partial charge is 0.291 e. The maximum Gasteiger partial charge on any atom is 0.291 e. The molecule has 8 rings (SSSR count). The van der Waals surface area contributed by atoms with Crippen molar-refractivity contribution in [2.24, 2.45) is 4.99 Å². The van der Waals surface area contributed by atoms with Crippen molar-refractivity contribution in [2.75, 3.05) is 43.8 Å². The number of phenolic OH excluding ortho intramolecular Hbond substituents is 1. The number of allylic oxidation sites excluding steroid dienone is 1. The third-order valence-electron chi connectivity index (χ3n) is 10.8. The Morgan fingerprint density at radius 3 is 2.60 bits per heavy atom. The number of aryl methyl sites for hydroxylation is 1. The standard InChI is InChI=1S/C33H40F2N6O2/c1-18-25(23-14-22(42)13-19-5-2-6-24(34)26(19)23)29(36)28(35)27-30(18)38-32(43-17-33-9-3-11-41(33)12-4-10-33)39-31(27)40-15-20-7-8-21(16-40)37-20/h6,13-14,20-21,31,37,42H,2-5,7-12,15-17,36H2,1H3,(H,38,39)/t20-,21?,31?/m0/s1. The van der Waals surface area contributed by atoms with Crippen molar-refractivity contribution >= 4 is 23.2 Å². The van der Waals surface area contributed by atoms with Gasteiger partial charge in [-0.25, -0.2) is 13.8 Å². The van der Waals surface area contributed by atoms with Crippen LogP contribution in [0.2, 0.25) is 0 Å². The van der Waals surface area contributed by atoms with E-state index in [9.17, 15) is 5.11 Å². The van der Waals surface area contributed by atoms with E-state index in [4.69, 9.17) is 15.5 Å². The van der Waals surface area contributed by atoms with Crippen molar-refractivity contribution in [1.82, 2.24) is 15.1 Å². The summed E-state index contributed by atoms with van der Waals surface area (Å²) in [6.45, 7) is 6.13. The third-order valence-corrected chi connectivity index (χ3v) is 10.8. The lowest BCUT2D eigenvalue weighted by Crippen LogP contribution is -2.52. The molecule has 4 saturated heterocycles. The van der Waals surface area contributed by atoms with Crippen LogP contribution in [-0.4, -0.2) is 71.3 Å². The summed E-state index contributed by atoms with van der Waals surface area (Å²) >= 11 is 0. The van der Waals surface area contributed by atoms with Crippen LogP contribution in [0, 0.1) is 12.7 Å². The summed E-state index contributed by atoms with van der Waals surface area (Å²) in [5.74, 6) is -0.932. The molecule has 8 nitrogen and oxygen atoms in total. The number of nitrogen functional groups attached to an aromatic ring is 1. The minimum Gasteiger partial charge on any atom is -0.508 e. The number of hydrogen-bond donors (Lipinski definition) is 4. The molecule has 43 heavy (non-hydrogen) atoms. The number of anilines is 2. The van der Waals surface area contributed by atoms with Crippen LogP contribution in [0.4, 0.5) is 20.2 Å². The Hall–Kier alpha value is -3.21.